The van der Waals surface area contributed by atoms with Gasteiger partial charge in [-0.1, -0.05) is 29.8 Å². The highest BCUT2D eigenvalue weighted by molar-refractivity contribution is 14.1. The second-order valence-electron chi connectivity index (χ2n) is 4.97. The molecule has 1 aromatic carbocycles. The number of ether oxygens (including phenoxy) is 1. The maximum Gasteiger partial charge on any atom is 0.192 e. The highest BCUT2D eigenvalue weighted by Crippen LogP contribution is 2.52. The molecule has 0 saturated heterocycles. The van der Waals surface area contributed by atoms with Crippen molar-refractivity contribution >= 4 is 38.9 Å². The molecule has 17 heavy (non-hydrogen) atoms. The van der Waals surface area contributed by atoms with Crippen LogP contribution >= 0.6 is 38.9 Å². The number of rotatable bonds is 3. The molecule has 2 nitrogen and oxygen atoms in total. The summed E-state index contributed by atoms with van der Waals surface area (Å²) in [6.45, 7) is 6.47. The van der Waals surface area contributed by atoms with Gasteiger partial charge in [-0.3, -0.25) is 0 Å². The third kappa shape index (κ3) is 2.02. The van der Waals surface area contributed by atoms with E-state index in [2.05, 4.69) is 42.8 Å². The van der Waals surface area contributed by atoms with Crippen LogP contribution in [-0.4, -0.2) is 7.11 Å². The van der Waals surface area contributed by atoms with E-state index in [1.54, 1.807) is 7.11 Å². The van der Waals surface area contributed by atoms with Gasteiger partial charge < -0.3 is 7.80 Å². The van der Waals surface area contributed by atoms with Crippen LogP contribution in [0.15, 0.2) is 10.5 Å². The Labute approximate surface area is 125 Å². The molecule has 94 valence electrons. The second kappa shape index (κ2) is 4.70. The van der Waals surface area contributed by atoms with E-state index in [9.17, 15) is 0 Å². The topological polar surface area (TPSA) is 18.5 Å². The summed E-state index contributed by atoms with van der Waals surface area (Å²) in [5.74, 6) is 1.41. The number of hydrogen-bond donors (Lipinski definition) is 0. The predicted molar refractivity (Wildman–Crippen MR) is 80.9 cm³/mol. The highest BCUT2D eigenvalue weighted by Gasteiger charge is 2.44. The fraction of sp³-hybridized carbons (Fsp3) is 0.538. The van der Waals surface area contributed by atoms with Gasteiger partial charge in [0.2, 0.25) is 0 Å². The van der Waals surface area contributed by atoms with E-state index in [0.717, 1.165) is 12.2 Å². The van der Waals surface area contributed by atoms with E-state index in [-0.39, 0.29) is 5.60 Å². The molecular formula is C13H16BrIO2. The van der Waals surface area contributed by atoms with Gasteiger partial charge in [-0.25, -0.2) is 0 Å². The summed E-state index contributed by atoms with van der Waals surface area (Å²) in [5.41, 5.74) is 3.54. The Morgan fingerprint density at radius 2 is 2.12 bits per heavy atom. The molecule has 1 aliphatic carbocycles. The number of methoxy groups -OCH3 is 1. The molecule has 4 heteroatoms. The van der Waals surface area contributed by atoms with Gasteiger partial charge in [-0.15, -0.1) is 0 Å². The van der Waals surface area contributed by atoms with Crippen LogP contribution in [0.25, 0.3) is 0 Å². The van der Waals surface area contributed by atoms with E-state index in [1.807, 2.05) is 23.0 Å². The van der Waals surface area contributed by atoms with Crippen molar-refractivity contribution < 1.29 is 7.80 Å². The molecule has 0 amide bonds. The molecule has 1 unspecified atom stereocenters. The Morgan fingerprint density at radius 3 is 2.59 bits per heavy atom. The minimum absolute atomic E-state index is 0.205. The van der Waals surface area contributed by atoms with E-state index in [4.69, 9.17) is 7.80 Å². The van der Waals surface area contributed by atoms with Gasteiger partial charge in [0.15, 0.2) is 23.0 Å². The molecule has 0 spiro atoms. The summed E-state index contributed by atoms with van der Waals surface area (Å²) in [5, 5.41) is 0. The third-order valence-corrected chi connectivity index (χ3v) is 4.70. The summed E-state index contributed by atoms with van der Waals surface area (Å²) in [4.78, 5) is 0. The molecular weight excluding hydrogens is 395 g/mol. The van der Waals surface area contributed by atoms with Crippen LogP contribution in [0, 0.1) is 0 Å². The van der Waals surface area contributed by atoms with E-state index in [1.165, 1.54) is 21.2 Å². The monoisotopic (exact) mass is 410 g/mol. The maximum atomic E-state index is 5.63. The summed E-state index contributed by atoms with van der Waals surface area (Å²) in [6.07, 6.45) is 0.935. The largest absolute Gasteiger partial charge is 0.427 e. The zero-order valence-electron chi connectivity index (χ0n) is 10.4. The first kappa shape index (κ1) is 13.6. The molecule has 0 aliphatic heterocycles. The minimum Gasteiger partial charge on any atom is -0.427 e. The quantitative estimate of drug-likeness (QED) is 0.671. The van der Waals surface area contributed by atoms with Crippen molar-refractivity contribution in [1.29, 1.82) is 0 Å². The van der Waals surface area contributed by atoms with Crippen molar-refractivity contribution in [3.8, 4) is 5.75 Å². The van der Waals surface area contributed by atoms with Gasteiger partial charge in [0.25, 0.3) is 0 Å². The third-order valence-electron chi connectivity index (χ3n) is 3.55. The van der Waals surface area contributed by atoms with Crippen LogP contribution in [0.5, 0.6) is 5.75 Å². The Bertz CT molecular complexity index is 459. The number of benzene rings is 1. The molecule has 0 bridgehead atoms. The standard InChI is InChI=1S/C13H16BrIO2/c1-7(2)8-5-10(14)9-6-13(3,16-4)11(9)12(8)17-15/h5,7H,6H2,1-4H3. The number of hydrogen-bond acceptors (Lipinski definition) is 2. The average Bonchev–Trinajstić information content (AvgIpc) is 2.28. The van der Waals surface area contributed by atoms with Crippen molar-refractivity contribution in [3.63, 3.8) is 0 Å². The van der Waals surface area contributed by atoms with Crippen LogP contribution in [0.4, 0.5) is 0 Å². The van der Waals surface area contributed by atoms with Gasteiger partial charge in [0.05, 0.1) is 5.60 Å². The average molecular weight is 411 g/mol. The molecule has 0 aromatic heterocycles. The Balaban J connectivity index is 2.66. The summed E-state index contributed by atoms with van der Waals surface area (Å²) in [7, 11) is 1.76. The molecule has 1 aromatic rings. The molecule has 0 fully saturated rings. The van der Waals surface area contributed by atoms with Crippen molar-refractivity contribution in [3.05, 3.63) is 27.2 Å². The van der Waals surface area contributed by atoms with E-state index >= 15 is 0 Å². The Hall–Kier alpha value is 0.190. The first-order valence-corrected chi connectivity index (χ1v) is 7.31. The minimum atomic E-state index is -0.205. The number of fused-ring (bicyclic) bond motifs is 1. The van der Waals surface area contributed by atoms with Crippen LogP contribution < -0.4 is 3.07 Å². The van der Waals surface area contributed by atoms with Crippen molar-refractivity contribution in [2.75, 3.05) is 7.11 Å². The lowest BCUT2D eigenvalue weighted by Crippen LogP contribution is -2.38. The summed E-state index contributed by atoms with van der Waals surface area (Å²) >= 11 is 5.61. The fourth-order valence-electron chi connectivity index (χ4n) is 2.43. The summed E-state index contributed by atoms with van der Waals surface area (Å²) < 4.78 is 12.4. The first-order chi connectivity index (χ1) is 7.94. The normalized spacial score (nSPS) is 22.3. The van der Waals surface area contributed by atoms with Gasteiger partial charge in [0, 0.05) is 23.6 Å². The molecule has 1 atom stereocenters. The Morgan fingerprint density at radius 1 is 1.47 bits per heavy atom. The number of halogens is 2. The molecule has 2 rings (SSSR count). The second-order valence-corrected chi connectivity index (χ2v) is 6.27. The van der Waals surface area contributed by atoms with Crippen LogP contribution in [0.3, 0.4) is 0 Å². The lowest BCUT2D eigenvalue weighted by molar-refractivity contribution is -0.0197. The zero-order chi connectivity index (χ0) is 12.8. The van der Waals surface area contributed by atoms with Gasteiger partial charge >= 0.3 is 0 Å². The summed E-state index contributed by atoms with van der Waals surface area (Å²) in [6, 6.07) is 2.17. The van der Waals surface area contributed by atoms with Crippen LogP contribution in [-0.2, 0) is 16.8 Å². The van der Waals surface area contributed by atoms with Crippen LogP contribution in [0.2, 0.25) is 0 Å². The van der Waals surface area contributed by atoms with Crippen molar-refractivity contribution in [2.45, 2.75) is 38.7 Å². The molecule has 0 radical (unpaired) electrons. The molecule has 0 saturated carbocycles. The predicted octanol–water partition coefficient (Wildman–Crippen LogP) is 4.72. The maximum absolute atomic E-state index is 5.63. The highest BCUT2D eigenvalue weighted by atomic mass is 127. The molecule has 0 N–H and O–H groups in total. The van der Waals surface area contributed by atoms with Gasteiger partial charge in [-0.2, -0.15) is 0 Å². The Kier molecular flexibility index (Phi) is 3.77. The van der Waals surface area contributed by atoms with Crippen molar-refractivity contribution in [2.24, 2.45) is 0 Å². The van der Waals surface area contributed by atoms with Crippen LogP contribution in [0.1, 0.15) is 43.4 Å². The lowest BCUT2D eigenvalue weighted by atomic mass is 9.72. The van der Waals surface area contributed by atoms with E-state index < -0.39 is 0 Å². The van der Waals surface area contributed by atoms with Crippen molar-refractivity contribution in [1.82, 2.24) is 0 Å². The molecule has 0 heterocycles. The fourth-order valence-corrected chi connectivity index (χ4v) is 3.49. The zero-order valence-corrected chi connectivity index (χ0v) is 14.2. The molecule has 1 aliphatic rings. The SMILES string of the molecule is COC1(C)Cc2c(Br)cc(C(C)C)c(OI)c21. The lowest BCUT2D eigenvalue weighted by Gasteiger charge is -2.42. The smallest absolute Gasteiger partial charge is 0.192 e. The van der Waals surface area contributed by atoms with Gasteiger partial charge in [-0.05, 0) is 30.0 Å². The van der Waals surface area contributed by atoms with E-state index in [0.29, 0.717) is 5.92 Å². The van der Waals surface area contributed by atoms with Gasteiger partial charge in [0.1, 0.15) is 5.75 Å². The first-order valence-electron chi connectivity index (χ1n) is 5.64.